The van der Waals surface area contributed by atoms with Crippen LogP contribution in [0.2, 0.25) is 0 Å². The first-order valence-electron chi connectivity index (χ1n) is 2.70. The van der Waals surface area contributed by atoms with E-state index in [4.69, 9.17) is 20.9 Å². The van der Waals surface area contributed by atoms with Crippen LogP contribution in [0.15, 0.2) is 0 Å². The van der Waals surface area contributed by atoms with Gasteiger partial charge < -0.3 is 20.8 Å². The molecule has 6 nitrogen and oxygen atoms in total. The average Bonchev–Trinajstić information content (AvgIpc) is 1.78. The quantitative estimate of drug-likeness (QED) is 0.177. The minimum Gasteiger partial charge on any atom is -0.370 e. The molecule has 0 bridgehead atoms. The first-order chi connectivity index (χ1) is 4.92. The third kappa shape index (κ3) is 9.77. The fourth-order valence-corrected chi connectivity index (χ4v) is 1.77. The normalized spacial score (nSPS) is 11.1. The summed E-state index contributed by atoms with van der Waals surface area (Å²) >= 11 is 0.527. The van der Waals surface area contributed by atoms with Crippen molar-refractivity contribution in [3.05, 3.63) is 0 Å². The summed E-state index contributed by atoms with van der Waals surface area (Å²) in [4.78, 5) is 16.7. The van der Waals surface area contributed by atoms with Crippen molar-refractivity contribution in [2.24, 2.45) is 5.73 Å². The number of hydrogen-bond acceptors (Lipinski definition) is 3. The van der Waals surface area contributed by atoms with E-state index in [1.54, 1.807) is 0 Å². The Kier molecular flexibility index (Phi) is 4.51. The molecular weight excluding hydrogens is 189 g/mol. The molecule has 0 aliphatic carbocycles. The van der Waals surface area contributed by atoms with E-state index in [0.29, 0.717) is 11.4 Å². The maximum atomic E-state index is 10.2. The molecule has 0 saturated carbocycles. The second-order valence-corrected chi connectivity index (χ2v) is 5.51. The van der Waals surface area contributed by atoms with Gasteiger partial charge in [-0.15, -0.1) is 0 Å². The highest BCUT2D eigenvalue weighted by molar-refractivity contribution is 8.54. The largest absolute Gasteiger partial charge is 0.384 e. The maximum Gasteiger partial charge on any atom is 0.384 e. The molecule has 0 aliphatic rings. The number of guanidine groups is 1. The van der Waals surface area contributed by atoms with Gasteiger partial charge >= 0.3 is 6.80 Å². The van der Waals surface area contributed by atoms with E-state index in [1.165, 1.54) is 0 Å². The van der Waals surface area contributed by atoms with E-state index >= 15 is 0 Å². The van der Waals surface area contributed by atoms with Crippen LogP contribution in [0.5, 0.6) is 0 Å². The van der Waals surface area contributed by atoms with Crippen LogP contribution in [-0.4, -0.2) is 28.0 Å². The van der Waals surface area contributed by atoms with Crippen molar-refractivity contribution in [3.63, 3.8) is 0 Å². The van der Waals surface area contributed by atoms with Gasteiger partial charge in [0.15, 0.2) is 5.96 Å². The lowest BCUT2D eigenvalue weighted by Gasteiger charge is -2.03. The molecule has 0 aromatic rings. The lowest BCUT2D eigenvalue weighted by Crippen LogP contribution is -2.31. The third-order valence-corrected chi connectivity index (χ3v) is 2.96. The standard InChI is InChI=1S/C3H10N3O3PS/c4-3(5)6-1-2-11-10(7,8)9/h1-2H2,(H4,4,5,6)(H2,7,8,9). The lowest BCUT2D eigenvalue weighted by molar-refractivity contribution is 0.397. The molecule has 0 fully saturated rings. The highest BCUT2D eigenvalue weighted by Gasteiger charge is 2.12. The summed E-state index contributed by atoms with van der Waals surface area (Å²) in [5, 5.41) is 9.11. The van der Waals surface area contributed by atoms with E-state index in [0.717, 1.165) is 0 Å². The minimum atomic E-state index is -3.96. The molecule has 0 rings (SSSR count). The Bertz CT molecular complexity index is 181. The van der Waals surface area contributed by atoms with E-state index in [-0.39, 0.29) is 18.3 Å². The number of rotatable bonds is 4. The van der Waals surface area contributed by atoms with Crippen LogP contribution in [0.25, 0.3) is 0 Å². The van der Waals surface area contributed by atoms with Crippen LogP contribution >= 0.6 is 18.2 Å². The van der Waals surface area contributed by atoms with Gasteiger partial charge in [-0.05, 0) is 11.4 Å². The summed E-state index contributed by atoms with van der Waals surface area (Å²) in [5.41, 5.74) is 4.91. The molecule has 0 amide bonds. The van der Waals surface area contributed by atoms with Gasteiger partial charge in [0.2, 0.25) is 0 Å². The Balaban J connectivity index is 3.29. The highest BCUT2D eigenvalue weighted by Crippen LogP contribution is 2.49. The zero-order valence-electron chi connectivity index (χ0n) is 5.65. The minimum absolute atomic E-state index is 0.198. The highest BCUT2D eigenvalue weighted by atomic mass is 32.7. The van der Waals surface area contributed by atoms with Crippen molar-refractivity contribution in [3.8, 4) is 0 Å². The SMILES string of the molecule is N=C(N)NCCSP(=O)(O)O. The van der Waals surface area contributed by atoms with Crippen LogP contribution < -0.4 is 11.1 Å². The van der Waals surface area contributed by atoms with E-state index in [2.05, 4.69) is 5.32 Å². The Morgan fingerprint density at radius 3 is 2.64 bits per heavy atom. The molecule has 0 atom stereocenters. The molecule has 66 valence electrons. The van der Waals surface area contributed by atoms with Gasteiger partial charge in [0.25, 0.3) is 0 Å². The summed E-state index contributed by atoms with van der Waals surface area (Å²) < 4.78 is 10.2. The maximum absolute atomic E-state index is 10.2. The monoisotopic (exact) mass is 199 g/mol. The van der Waals surface area contributed by atoms with Crippen molar-refractivity contribution in [1.82, 2.24) is 5.32 Å². The van der Waals surface area contributed by atoms with Gasteiger partial charge in [-0.3, -0.25) is 5.41 Å². The molecule has 0 aromatic heterocycles. The topological polar surface area (TPSA) is 119 Å². The smallest absolute Gasteiger partial charge is 0.370 e. The van der Waals surface area contributed by atoms with Gasteiger partial charge in [0.1, 0.15) is 0 Å². The fraction of sp³-hybridized carbons (Fsp3) is 0.667. The Hall–Kier alpha value is -0.230. The van der Waals surface area contributed by atoms with Crippen molar-refractivity contribution in [2.75, 3.05) is 12.3 Å². The van der Waals surface area contributed by atoms with E-state index in [1.807, 2.05) is 0 Å². The second kappa shape index (κ2) is 4.61. The molecule has 0 aliphatic heterocycles. The van der Waals surface area contributed by atoms with Crippen LogP contribution in [0.3, 0.4) is 0 Å². The summed E-state index contributed by atoms with van der Waals surface area (Å²) in [5.74, 6) is 0.0282. The van der Waals surface area contributed by atoms with Crippen LogP contribution in [0.1, 0.15) is 0 Å². The number of hydrogen-bond donors (Lipinski definition) is 5. The zero-order valence-corrected chi connectivity index (χ0v) is 7.36. The van der Waals surface area contributed by atoms with Crippen LogP contribution in [-0.2, 0) is 4.57 Å². The van der Waals surface area contributed by atoms with Crippen LogP contribution in [0.4, 0.5) is 0 Å². The average molecular weight is 199 g/mol. The first-order valence-corrected chi connectivity index (χ1v) is 5.90. The predicted molar refractivity (Wildman–Crippen MR) is 44.4 cm³/mol. The summed E-state index contributed by atoms with van der Waals surface area (Å²) in [7, 11) is 0. The van der Waals surface area contributed by atoms with E-state index < -0.39 is 6.80 Å². The van der Waals surface area contributed by atoms with Gasteiger partial charge in [0, 0.05) is 12.3 Å². The van der Waals surface area contributed by atoms with Crippen molar-refractivity contribution in [2.45, 2.75) is 0 Å². The molecule has 11 heavy (non-hydrogen) atoms. The lowest BCUT2D eigenvalue weighted by atomic mass is 10.7. The van der Waals surface area contributed by atoms with E-state index in [9.17, 15) is 4.57 Å². The molecule has 0 saturated heterocycles. The van der Waals surface area contributed by atoms with Crippen molar-refractivity contribution in [1.29, 1.82) is 5.41 Å². The predicted octanol–water partition coefficient (Wildman–Crippen LogP) is -0.705. The van der Waals surface area contributed by atoms with Gasteiger partial charge in [-0.1, -0.05) is 0 Å². The Morgan fingerprint density at radius 2 is 2.27 bits per heavy atom. The second-order valence-electron chi connectivity index (χ2n) is 1.66. The van der Waals surface area contributed by atoms with Crippen LogP contribution in [0, 0.1) is 5.41 Å². The molecule has 0 spiro atoms. The van der Waals surface area contributed by atoms with Crippen molar-refractivity contribution >= 4 is 24.1 Å². The molecule has 8 heteroatoms. The number of nitrogens with one attached hydrogen (secondary N) is 2. The molecular formula is C3H10N3O3PS. The Labute approximate surface area is 68.0 Å². The first kappa shape index (κ1) is 10.8. The number of nitrogens with two attached hydrogens (primary N) is 1. The molecule has 6 N–H and O–H groups in total. The van der Waals surface area contributed by atoms with Gasteiger partial charge in [-0.25, -0.2) is 4.57 Å². The third-order valence-electron chi connectivity index (χ3n) is 0.677. The molecule has 0 heterocycles. The van der Waals surface area contributed by atoms with Gasteiger partial charge in [-0.2, -0.15) is 0 Å². The van der Waals surface area contributed by atoms with Crippen molar-refractivity contribution < 1.29 is 14.4 Å². The van der Waals surface area contributed by atoms with Gasteiger partial charge in [0.05, 0.1) is 0 Å². The molecule has 0 unspecified atom stereocenters. The Morgan fingerprint density at radius 1 is 1.73 bits per heavy atom. The fourth-order valence-electron chi connectivity index (χ4n) is 0.350. The molecule has 0 aromatic carbocycles. The zero-order chi connectivity index (χ0) is 8.91. The molecule has 0 radical (unpaired) electrons. The summed E-state index contributed by atoms with van der Waals surface area (Å²) in [6.07, 6.45) is 0. The summed E-state index contributed by atoms with van der Waals surface area (Å²) in [6, 6.07) is 0. The summed E-state index contributed by atoms with van der Waals surface area (Å²) in [6.45, 7) is -3.68.